The fourth-order valence-corrected chi connectivity index (χ4v) is 1.69. The lowest BCUT2D eigenvalue weighted by Crippen LogP contribution is -1.94. The Bertz CT molecular complexity index is 350. The molecule has 1 heteroatoms. The maximum atomic E-state index is 5.42. The zero-order valence-electron chi connectivity index (χ0n) is 10.8. The minimum absolute atomic E-state index is 0.503. The van der Waals surface area contributed by atoms with E-state index in [-0.39, 0.29) is 0 Å². The van der Waals surface area contributed by atoms with Crippen LogP contribution in [0.5, 0.6) is 5.75 Å². The van der Waals surface area contributed by atoms with Crippen molar-refractivity contribution in [2.24, 2.45) is 0 Å². The van der Waals surface area contributed by atoms with Gasteiger partial charge in [0.05, 0.1) is 7.11 Å². The smallest absolute Gasteiger partial charge is 0.122 e. The van der Waals surface area contributed by atoms with Gasteiger partial charge in [-0.2, -0.15) is 0 Å². The lowest BCUT2D eigenvalue weighted by atomic mass is 10.00. The normalized spacial score (nSPS) is 11.3. The minimum Gasteiger partial charge on any atom is -0.496 e. The van der Waals surface area contributed by atoms with Gasteiger partial charge in [0.15, 0.2) is 0 Å². The molecule has 1 nitrogen and oxygen atoms in total. The third-order valence-corrected chi connectivity index (χ3v) is 2.65. The van der Waals surface area contributed by atoms with Gasteiger partial charge in [-0.1, -0.05) is 51.5 Å². The second-order valence-corrected chi connectivity index (χ2v) is 4.35. The first kappa shape index (κ1) is 12.8. The second-order valence-electron chi connectivity index (χ2n) is 4.35. The third-order valence-electron chi connectivity index (χ3n) is 2.65. The number of ether oxygens (including phenoxy) is 1. The second kappa shape index (κ2) is 6.37. The summed E-state index contributed by atoms with van der Waals surface area (Å²) in [5.41, 5.74) is 2.49. The molecule has 1 aromatic carbocycles. The van der Waals surface area contributed by atoms with Crippen LogP contribution < -0.4 is 4.74 Å². The molecule has 0 unspecified atom stereocenters. The quantitative estimate of drug-likeness (QED) is 0.700. The van der Waals surface area contributed by atoms with Crippen LogP contribution in [-0.4, -0.2) is 7.11 Å². The summed E-state index contributed by atoms with van der Waals surface area (Å²) in [7, 11) is 1.74. The molecule has 0 aliphatic carbocycles. The average molecular weight is 218 g/mol. The Balaban J connectivity index is 2.91. The predicted molar refractivity (Wildman–Crippen MR) is 71.0 cm³/mol. The van der Waals surface area contributed by atoms with Crippen LogP contribution in [0.2, 0.25) is 0 Å². The van der Waals surface area contributed by atoms with Gasteiger partial charge in [-0.05, 0) is 29.5 Å². The van der Waals surface area contributed by atoms with Crippen LogP contribution in [0.1, 0.15) is 50.7 Å². The Hall–Kier alpha value is -1.24. The van der Waals surface area contributed by atoms with E-state index in [9.17, 15) is 0 Å². The van der Waals surface area contributed by atoms with E-state index in [4.69, 9.17) is 4.74 Å². The average Bonchev–Trinajstić information content (AvgIpc) is 2.29. The van der Waals surface area contributed by atoms with Crippen LogP contribution in [0.25, 0.3) is 6.08 Å². The van der Waals surface area contributed by atoms with E-state index >= 15 is 0 Å². The highest BCUT2D eigenvalue weighted by molar-refractivity contribution is 5.54. The summed E-state index contributed by atoms with van der Waals surface area (Å²) in [4.78, 5) is 0. The maximum absolute atomic E-state index is 5.42. The molecule has 0 saturated carbocycles. The van der Waals surface area contributed by atoms with Crippen LogP contribution in [-0.2, 0) is 0 Å². The summed E-state index contributed by atoms with van der Waals surface area (Å²) >= 11 is 0. The Morgan fingerprint density at radius 1 is 1.31 bits per heavy atom. The summed E-state index contributed by atoms with van der Waals surface area (Å²) in [5, 5.41) is 0. The van der Waals surface area contributed by atoms with Crippen LogP contribution in [0.15, 0.2) is 24.3 Å². The lowest BCUT2D eigenvalue weighted by Gasteiger charge is -2.12. The molecule has 16 heavy (non-hydrogen) atoms. The standard InChI is InChI=1S/C15H22O/c1-5-6-7-8-13-9-10-14(12(2)3)15(11-13)16-4/h7-12H,5-6H2,1-4H3/b8-7+. The molecule has 88 valence electrons. The lowest BCUT2D eigenvalue weighted by molar-refractivity contribution is 0.407. The Morgan fingerprint density at radius 3 is 2.62 bits per heavy atom. The highest BCUT2D eigenvalue weighted by atomic mass is 16.5. The molecule has 0 atom stereocenters. The molecule has 0 fully saturated rings. The SMILES string of the molecule is CCC/C=C/c1ccc(C(C)C)c(OC)c1. The van der Waals surface area contributed by atoms with E-state index < -0.39 is 0 Å². The van der Waals surface area contributed by atoms with Crippen molar-refractivity contribution in [3.05, 3.63) is 35.4 Å². The Labute approximate surface area is 99.1 Å². The first-order valence-electron chi connectivity index (χ1n) is 6.03. The molecular formula is C15H22O. The molecule has 0 radical (unpaired) electrons. The highest BCUT2D eigenvalue weighted by Crippen LogP contribution is 2.27. The van der Waals surface area contributed by atoms with Gasteiger partial charge in [0.25, 0.3) is 0 Å². The molecule has 0 saturated heterocycles. The molecule has 0 aliphatic rings. The molecule has 1 aromatic rings. The zero-order valence-corrected chi connectivity index (χ0v) is 10.8. The van der Waals surface area contributed by atoms with Gasteiger partial charge >= 0.3 is 0 Å². The largest absolute Gasteiger partial charge is 0.496 e. The Morgan fingerprint density at radius 2 is 2.06 bits per heavy atom. The van der Waals surface area contributed by atoms with Crippen LogP contribution >= 0.6 is 0 Å². The van der Waals surface area contributed by atoms with Gasteiger partial charge in [-0.3, -0.25) is 0 Å². The van der Waals surface area contributed by atoms with Crippen molar-refractivity contribution in [2.75, 3.05) is 7.11 Å². The van der Waals surface area contributed by atoms with Crippen LogP contribution in [0.3, 0.4) is 0 Å². The molecule has 1 rings (SSSR count). The minimum atomic E-state index is 0.503. The molecule has 0 aliphatic heterocycles. The molecule has 0 bridgehead atoms. The monoisotopic (exact) mass is 218 g/mol. The van der Waals surface area contributed by atoms with Crippen molar-refractivity contribution in [1.29, 1.82) is 0 Å². The van der Waals surface area contributed by atoms with Crippen molar-refractivity contribution in [3.8, 4) is 5.75 Å². The predicted octanol–water partition coefficient (Wildman–Crippen LogP) is 4.63. The van der Waals surface area contributed by atoms with Gasteiger partial charge in [-0.25, -0.2) is 0 Å². The van der Waals surface area contributed by atoms with E-state index in [1.165, 1.54) is 17.5 Å². The number of hydrogen-bond acceptors (Lipinski definition) is 1. The first-order chi connectivity index (χ1) is 7.69. The van der Waals surface area contributed by atoms with Crippen LogP contribution in [0, 0.1) is 0 Å². The molecule has 0 N–H and O–H groups in total. The highest BCUT2D eigenvalue weighted by Gasteiger charge is 2.06. The summed E-state index contributed by atoms with van der Waals surface area (Å²) in [6.07, 6.45) is 6.70. The number of rotatable bonds is 5. The third kappa shape index (κ3) is 3.41. The van der Waals surface area contributed by atoms with E-state index in [2.05, 4.69) is 51.1 Å². The van der Waals surface area contributed by atoms with E-state index in [0.717, 1.165) is 12.2 Å². The van der Waals surface area contributed by atoms with Gasteiger partial charge in [0.2, 0.25) is 0 Å². The first-order valence-corrected chi connectivity index (χ1v) is 6.03. The number of benzene rings is 1. The van der Waals surface area contributed by atoms with Crippen molar-refractivity contribution in [3.63, 3.8) is 0 Å². The molecule has 0 heterocycles. The number of methoxy groups -OCH3 is 1. The number of allylic oxidation sites excluding steroid dienone is 1. The summed E-state index contributed by atoms with van der Waals surface area (Å²) in [6, 6.07) is 6.43. The molecule has 0 spiro atoms. The number of hydrogen-bond donors (Lipinski definition) is 0. The van der Waals surface area contributed by atoms with Crippen molar-refractivity contribution in [1.82, 2.24) is 0 Å². The van der Waals surface area contributed by atoms with Crippen molar-refractivity contribution in [2.45, 2.75) is 39.5 Å². The van der Waals surface area contributed by atoms with Gasteiger partial charge in [-0.15, -0.1) is 0 Å². The topological polar surface area (TPSA) is 9.23 Å². The fourth-order valence-electron chi connectivity index (χ4n) is 1.69. The maximum Gasteiger partial charge on any atom is 0.122 e. The van der Waals surface area contributed by atoms with Gasteiger partial charge in [0, 0.05) is 0 Å². The molecule has 0 aromatic heterocycles. The Kier molecular flexibility index (Phi) is 5.10. The van der Waals surface area contributed by atoms with Gasteiger partial charge in [0.1, 0.15) is 5.75 Å². The van der Waals surface area contributed by atoms with Crippen molar-refractivity contribution >= 4 is 6.08 Å². The summed E-state index contributed by atoms with van der Waals surface area (Å²) in [6.45, 7) is 6.56. The van der Waals surface area contributed by atoms with E-state index in [1.54, 1.807) is 7.11 Å². The van der Waals surface area contributed by atoms with Crippen LogP contribution in [0.4, 0.5) is 0 Å². The van der Waals surface area contributed by atoms with Gasteiger partial charge < -0.3 is 4.74 Å². The molecule has 0 amide bonds. The summed E-state index contributed by atoms with van der Waals surface area (Å²) in [5.74, 6) is 1.50. The molecular weight excluding hydrogens is 196 g/mol. The number of unbranched alkanes of at least 4 members (excludes halogenated alkanes) is 1. The van der Waals surface area contributed by atoms with E-state index in [0.29, 0.717) is 5.92 Å². The summed E-state index contributed by atoms with van der Waals surface area (Å²) < 4.78 is 5.42. The van der Waals surface area contributed by atoms with E-state index in [1.807, 2.05) is 0 Å². The zero-order chi connectivity index (χ0) is 12.0. The van der Waals surface area contributed by atoms with Crippen molar-refractivity contribution < 1.29 is 4.74 Å². The fraction of sp³-hybridized carbons (Fsp3) is 0.467.